The highest BCUT2D eigenvalue weighted by molar-refractivity contribution is 6.03. The molecule has 0 aromatic heterocycles. The van der Waals surface area contributed by atoms with Crippen LogP contribution < -0.4 is 5.32 Å². The van der Waals surface area contributed by atoms with Gasteiger partial charge in [-0.1, -0.05) is 6.58 Å². The molecule has 0 saturated heterocycles. The van der Waals surface area contributed by atoms with Crippen LogP contribution in [-0.2, 0) is 9.59 Å². The Morgan fingerprint density at radius 2 is 2.14 bits per heavy atom. The van der Waals surface area contributed by atoms with Crippen molar-refractivity contribution in [2.24, 2.45) is 0 Å². The molecule has 1 unspecified atom stereocenters. The zero-order chi connectivity index (χ0) is 11.0. The molecule has 1 amide bonds. The molecule has 1 atom stereocenters. The Bertz CT molecular complexity index is 246. The van der Waals surface area contributed by atoms with Crippen LogP contribution in [0, 0.1) is 0 Å². The highest BCUT2D eigenvalue weighted by atomic mass is 16.3. The molecule has 0 bridgehead atoms. The van der Waals surface area contributed by atoms with Crippen molar-refractivity contribution in [3.8, 4) is 0 Å². The second-order valence-corrected chi connectivity index (χ2v) is 2.86. The second-order valence-electron chi connectivity index (χ2n) is 2.86. The first-order valence-corrected chi connectivity index (χ1v) is 4.36. The Balaban J connectivity index is 3.91. The Labute approximate surface area is 83.3 Å². The molecule has 14 heavy (non-hydrogen) atoms. The third kappa shape index (κ3) is 6.14. The highest BCUT2D eigenvalue weighted by Gasteiger charge is 2.03. The lowest BCUT2D eigenvalue weighted by Gasteiger charge is -2.09. The number of hydrogen-bond acceptors (Lipinski definition) is 3. The Morgan fingerprint density at radius 3 is 2.64 bits per heavy atom. The maximum Gasteiger partial charge on any atom is 0.244 e. The van der Waals surface area contributed by atoms with Crippen molar-refractivity contribution < 1.29 is 14.7 Å². The van der Waals surface area contributed by atoms with E-state index in [1.807, 2.05) is 0 Å². The molecular formula is C10H15NO3. The molecule has 2 N–H and O–H groups in total. The first-order chi connectivity index (χ1) is 6.60. The summed E-state index contributed by atoms with van der Waals surface area (Å²) in [6.45, 7) is 5.06. The van der Waals surface area contributed by atoms with Crippen LogP contribution in [0.4, 0.5) is 0 Å². The smallest absolute Gasteiger partial charge is 0.244 e. The van der Waals surface area contributed by atoms with Crippen LogP contribution in [0.3, 0.4) is 0 Å². The lowest BCUT2D eigenvalue weighted by Crippen LogP contribution is -2.31. The van der Waals surface area contributed by atoms with Crippen LogP contribution in [-0.4, -0.2) is 29.4 Å². The van der Waals surface area contributed by atoms with Crippen LogP contribution in [0.5, 0.6) is 0 Å². The number of rotatable bonds is 6. The minimum atomic E-state index is -0.346. The number of amides is 1. The van der Waals surface area contributed by atoms with Crippen LogP contribution in [0.2, 0.25) is 0 Å². The maximum atomic E-state index is 11.1. The number of hydrogen-bond donors (Lipinski definition) is 2. The third-order valence-corrected chi connectivity index (χ3v) is 1.55. The van der Waals surface area contributed by atoms with E-state index < -0.39 is 0 Å². The van der Waals surface area contributed by atoms with Gasteiger partial charge in [0.05, 0.1) is 0 Å². The van der Waals surface area contributed by atoms with Crippen molar-refractivity contribution in [1.29, 1.82) is 0 Å². The van der Waals surface area contributed by atoms with Crippen LogP contribution in [0.25, 0.3) is 0 Å². The SMILES string of the molecule is C=CC(=O)/C=C/C(=O)NC(C)CCO. The average Bonchev–Trinajstić information content (AvgIpc) is 2.14. The third-order valence-electron chi connectivity index (χ3n) is 1.55. The fourth-order valence-corrected chi connectivity index (χ4v) is 0.783. The molecule has 0 aromatic carbocycles. The van der Waals surface area contributed by atoms with E-state index in [4.69, 9.17) is 5.11 Å². The van der Waals surface area contributed by atoms with E-state index in [1.165, 1.54) is 0 Å². The van der Waals surface area contributed by atoms with E-state index in [2.05, 4.69) is 11.9 Å². The normalized spacial score (nSPS) is 12.4. The summed E-state index contributed by atoms with van der Waals surface area (Å²) in [5.41, 5.74) is 0. The fraction of sp³-hybridized carbons (Fsp3) is 0.400. The molecule has 0 radical (unpaired) electrons. The van der Waals surface area contributed by atoms with E-state index in [0.717, 1.165) is 18.2 Å². The molecule has 4 nitrogen and oxygen atoms in total. The highest BCUT2D eigenvalue weighted by Crippen LogP contribution is 1.89. The molecule has 0 aromatic rings. The van der Waals surface area contributed by atoms with Gasteiger partial charge in [-0.2, -0.15) is 0 Å². The number of aliphatic hydroxyl groups is 1. The molecule has 4 heteroatoms. The Hall–Kier alpha value is -1.42. The molecule has 0 aliphatic rings. The molecule has 0 rings (SSSR count). The first-order valence-electron chi connectivity index (χ1n) is 4.36. The molecular weight excluding hydrogens is 182 g/mol. The van der Waals surface area contributed by atoms with Gasteiger partial charge >= 0.3 is 0 Å². The summed E-state index contributed by atoms with van der Waals surface area (Å²) in [6, 6.07) is -0.101. The fourth-order valence-electron chi connectivity index (χ4n) is 0.783. The summed E-state index contributed by atoms with van der Waals surface area (Å²) in [6.07, 6.45) is 3.92. The Morgan fingerprint density at radius 1 is 1.50 bits per heavy atom. The van der Waals surface area contributed by atoms with Crippen LogP contribution >= 0.6 is 0 Å². The zero-order valence-corrected chi connectivity index (χ0v) is 8.19. The van der Waals surface area contributed by atoms with Crippen LogP contribution in [0.15, 0.2) is 24.8 Å². The monoisotopic (exact) mass is 197 g/mol. The predicted octanol–water partition coefficient (Wildman–Crippen LogP) is 0.185. The number of carbonyl (C=O) groups excluding carboxylic acids is 2. The van der Waals surface area contributed by atoms with Gasteiger partial charge < -0.3 is 10.4 Å². The van der Waals surface area contributed by atoms with E-state index in [-0.39, 0.29) is 24.3 Å². The van der Waals surface area contributed by atoms with Crippen LogP contribution in [0.1, 0.15) is 13.3 Å². The maximum absolute atomic E-state index is 11.1. The number of aliphatic hydroxyl groups excluding tert-OH is 1. The summed E-state index contributed by atoms with van der Waals surface area (Å²) in [7, 11) is 0. The van der Waals surface area contributed by atoms with E-state index in [0.29, 0.717) is 6.42 Å². The summed E-state index contributed by atoms with van der Waals surface area (Å²) < 4.78 is 0. The molecule has 78 valence electrons. The van der Waals surface area contributed by atoms with Gasteiger partial charge in [-0.05, 0) is 25.5 Å². The minimum absolute atomic E-state index is 0.0246. The number of carbonyl (C=O) groups is 2. The standard InChI is InChI=1S/C10H15NO3/c1-3-9(13)4-5-10(14)11-8(2)6-7-12/h3-5,8,12H,1,6-7H2,2H3,(H,11,14)/b5-4+. The van der Waals surface area contributed by atoms with Gasteiger partial charge in [0.25, 0.3) is 0 Å². The number of nitrogens with one attached hydrogen (secondary N) is 1. The van der Waals surface area contributed by atoms with Gasteiger partial charge in [-0.3, -0.25) is 9.59 Å². The lowest BCUT2D eigenvalue weighted by atomic mass is 10.2. The van der Waals surface area contributed by atoms with Crippen molar-refractivity contribution in [1.82, 2.24) is 5.32 Å². The topological polar surface area (TPSA) is 66.4 Å². The van der Waals surface area contributed by atoms with Crippen molar-refractivity contribution in [2.45, 2.75) is 19.4 Å². The largest absolute Gasteiger partial charge is 0.396 e. The summed E-state index contributed by atoms with van der Waals surface area (Å²) in [4.78, 5) is 21.8. The molecule has 0 fully saturated rings. The van der Waals surface area contributed by atoms with Gasteiger partial charge in [0.15, 0.2) is 5.78 Å². The van der Waals surface area contributed by atoms with Gasteiger partial charge in [0.1, 0.15) is 0 Å². The molecule has 0 heterocycles. The van der Waals surface area contributed by atoms with Gasteiger partial charge in [0, 0.05) is 18.7 Å². The van der Waals surface area contributed by atoms with E-state index >= 15 is 0 Å². The van der Waals surface area contributed by atoms with Gasteiger partial charge in [-0.25, -0.2) is 0 Å². The number of allylic oxidation sites excluding steroid dienone is 2. The molecule has 0 saturated carbocycles. The number of ketones is 1. The van der Waals surface area contributed by atoms with Gasteiger partial charge in [-0.15, -0.1) is 0 Å². The van der Waals surface area contributed by atoms with Crippen molar-refractivity contribution in [2.75, 3.05) is 6.61 Å². The summed E-state index contributed by atoms with van der Waals surface area (Å²) in [5, 5.41) is 11.2. The van der Waals surface area contributed by atoms with Crippen molar-refractivity contribution in [3.05, 3.63) is 24.8 Å². The zero-order valence-electron chi connectivity index (χ0n) is 8.19. The Kier molecular flexibility index (Phi) is 6.32. The molecule has 0 aliphatic heterocycles. The van der Waals surface area contributed by atoms with Crippen molar-refractivity contribution in [3.63, 3.8) is 0 Å². The van der Waals surface area contributed by atoms with Gasteiger partial charge in [0.2, 0.25) is 5.91 Å². The molecule has 0 spiro atoms. The first kappa shape index (κ1) is 12.6. The minimum Gasteiger partial charge on any atom is -0.396 e. The second kappa shape index (κ2) is 7.03. The molecule has 0 aliphatic carbocycles. The predicted molar refractivity (Wildman–Crippen MR) is 53.7 cm³/mol. The summed E-state index contributed by atoms with van der Waals surface area (Å²) >= 11 is 0. The average molecular weight is 197 g/mol. The summed E-state index contributed by atoms with van der Waals surface area (Å²) in [5.74, 6) is -0.656. The van der Waals surface area contributed by atoms with E-state index in [9.17, 15) is 9.59 Å². The lowest BCUT2D eigenvalue weighted by molar-refractivity contribution is -0.117. The quantitative estimate of drug-likeness (QED) is 0.597. The van der Waals surface area contributed by atoms with E-state index in [1.54, 1.807) is 6.92 Å². The van der Waals surface area contributed by atoms with Crippen molar-refractivity contribution >= 4 is 11.7 Å².